The van der Waals surface area contributed by atoms with Gasteiger partial charge in [0.15, 0.2) is 11.8 Å². The van der Waals surface area contributed by atoms with Gasteiger partial charge in [-0.1, -0.05) is 18.5 Å². The van der Waals surface area contributed by atoms with Gasteiger partial charge in [0.1, 0.15) is 18.6 Å². The van der Waals surface area contributed by atoms with E-state index >= 15 is 0 Å². The minimum atomic E-state index is 0. The molecule has 1 aliphatic heterocycles. The molecule has 0 atom stereocenters. The molecule has 1 aliphatic rings. The molecule has 3 rings (SSSR count). The normalized spacial score (nSPS) is 15.5. The lowest BCUT2D eigenvalue weighted by Gasteiger charge is -2.36. The summed E-state index contributed by atoms with van der Waals surface area (Å²) in [6.07, 6.45) is 3.92. The minimum absolute atomic E-state index is 0. The zero-order valence-corrected chi connectivity index (χ0v) is 19.3. The van der Waals surface area contributed by atoms with Crippen molar-refractivity contribution >= 4 is 29.9 Å². The summed E-state index contributed by atoms with van der Waals surface area (Å²) in [5.41, 5.74) is 0.982. The first-order valence-electron chi connectivity index (χ1n) is 9.67. The largest absolute Gasteiger partial charge is 0.364 e. The number of guanidine groups is 1. The van der Waals surface area contributed by atoms with Crippen molar-refractivity contribution in [3.05, 3.63) is 29.7 Å². The van der Waals surface area contributed by atoms with Gasteiger partial charge >= 0.3 is 0 Å². The Morgan fingerprint density at radius 1 is 1.25 bits per heavy atom. The van der Waals surface area contributed by atoms with Gasteiger partial charge in [0.25, 0.3) is 0 Å². The Morgan fingerprint density at radius 2 is 2.04 bits per heavy atom. The minimum Gasteiger partial charge on any atom is -0.364 e. The van der Waals surface area contributed by atoms with E-state index in [1.807, 2.05) is 24.6 Å². The van der Waals surface area contributed by atoms with Gasteiger partial charge in [0, 0.05) is 52.4 Å². The quantitative estimate of drug-likeness (QED) is 0.267. The number of halogens is 1. The molecule has 0 aliphatic carbocycles. The van der Waals surface area contributed by atoms with E-state index in [1.165, 1.54) is 0 Å². The predicted octanol–water partition coefficient (Wildman–Crippen LogP) is 1.79. The topological polar surface area (TPSA) is 87.6 Å². The number of hydrogen-bond acceptors (Lipinski definition) is 6. The molecule has 9 nitrogen and oxygen atoms in total. The Labute approximate surface area is 183 Å². The van der Waals surface area contributed by atoms with Crippen molar-refractivity contribution in [1.82, 2.24) is 35.0 Å². The summed E-state index contributed by atoms with van der Waals surface area (Å²) >= 11 is 0. The van der Waals surface area contributed by atoms with Crippen molar-refractivity contribution in [2.45, 2.75) is 39.8 Å². The Hall–Kier alpha value is -1.69. The highest BCUT2D eigenvalue weighted by Crippen LogP contribution is 2.08. The molecule has 3 heterocycles. The lowest BCUT2D eigenvalue weighted by atomic mass is 10.3. The fourth-order valence-corrected chi connectivity index (χ4v) is 3.04. The average molecular weight is 502 g/mol. The molecule has 28 heavy (non-hydrogen) atoms. The van der Waals surface area contributed by atoms with E-state index in [9.17, 15) is 0 Å². The van der Waals surface area contributed by atoms with Crippen LogP contribution < -0.4 is 5.32 Å². The van der Waals surface area contributed by atoms with Crippen molar-refractivity contribution in [3.63, 3.8) is 0 Å². The van der Waals surface area contributed by atoms with Gasteiger partial charge in [-0.15, -0.1) is 34.2 Å². The van der Waals surface area contributed by atoms with Crippen LogP contribution in [-0.2, 0) is 20.1 Å². The first-order chi connectivity index (χ1) is 13.2. The van der Waals surface area contributed by atoms with Gasteiger partial charge in [-0.05, 0) is 13.3 Å². The van der Waals surface area contributed by atoms with E-state index in [0.717, 1.165) is 75.4 Å². The van der Waals surface area contributed by atoms with Crippen LogP contribution >= 0.6 is 24.0 Å². The fourth-order valence-electron chi connectivity index (χ4n) is 3.04. The maximum Gasteiger partial charge on any atom is 0.194 e. The zero-order chi connectivity index (χ0) is 19.1. The summed E-state index contributed by atoms with van der Waals surface area (Å²) in [6, 6.07) is 1.93. The molecule has 1 saturated heterocycles. The summed E-state index contributed by atoms with van der Waals surface area (Å²) in [7, 11) is 1.98. The molecule has 1 fully saturated rings. The van der Waals surface area contributed by atoms with Crippen molar-refractivity contribution in [2.24, 2.45) is 12.0 Å². The molecule has 0 unspecified atom stereocenters. The van der Waals surface area contributed by atoms with Crippen molar-refractivity contribution < 1.29 is 4.52 Å². The van der Waals surface area contributed by atoms with Crippen LogP contribution in [0.15, 0.2) is 21.8 Å². The zero-order valence-electron chi connectivity index (χ0n) is 17.0. The lowest BCUT2D eigenvalue weighted by molar-refractivity contribution is 0.169. The number of aliphatic imine (C=N–C) groups is 1. The maximum absolute atomic E-state index is 4.93. The standard InChI is InChI=1S/C18H30N8O.HI/c1-4-5-7-19-18(20-13-17-22-21-15(2)24(17)3)26-10-8-25(9-11-26)14-16-6-12-27-23-16;/h6,12H,4-5,7-11,13-14H2,1-3H3,(H,19,20);1H. The van der Waals surface area contributed by atoms with Crippen LogP contribution in [0.2, 0.25) is 0 Å². The van der Waals surface area contributed by atoms with E-state index in [2.05, 4.69) is 37.4 Å². The number of rotatable bonds is 7. The smallest absolute Gasteiger partial charge is 0.194 e. The molecule has 0 bridgehead atoms. The summed E-state index contributed by atoms with van der Waals surface area (Å²) in [4.78, 5) is 9.55. The molecule has 0 radical (unpaired) electrons. The fraction of sp³-hybridized carbons (Fsp3) is 0.667. The monoisotopic (exact) mass is 502 g/mol. The summed E-state index contributed by atoms with van der Waals surface area (Å²) in [5, 5.41) is 15.9. The Kier molecular flexibility index (Phi) is 9.16. The van der Waals surface area contributed by atoms with Crippen LogP contribution in [0.4, 0.5) is 0 Å². The highest BCUT2D eigenvalue weighted by atomic mass is 127. The van der Waals surface area contributed by atoms with Crippen LogP contribution in [0.1, 0.15) is 37.1 Å². The molecule has 156 valence electrons. The second-order valence-corrected chi connectivity index (χ2v) is 6.90. The molecule has 1 N–H and O–H groups in total. The van der Waals surface area contributed by atoms with E-state index in [1.54, 1.807) is 6.26 Å². The molecule has 0 saturated carbocycles. The van der Waals surface area contributed by atoms with Gasteiger partial charge in [0.05, 0.1) is 5.69 Å². The molecule has 0 spiro atoms. The van der Waals surface area contributed by atoms with Crippen molar-refractivity contribution in [3.8, 4) is 0 Å². The van der Waals surface area contributed by atoms with Crippen molar-refractivity contribution in [1.29, 1.82) is 0 Å². The first kappa shape index (κ1) is 22.6. The summed E-state index contributed by atoms with van der Waals surface area (Å²) in [5.74, 6) is 2.75. The summed E-state index contributed by atoms with van der Waals surface area (Å²) in [6.45, 7) is 10.3. The van der Waals surface area contributed by atoms with Gasteiger partial charge in [0.2, 0.25) is 0 Å². The summed E-state index contributed by atoms with van der Waals surface area (Å²) < 4.78 is 6.92. The van der Waals surface area contributed by atoms with Gasteiger partial charge in [-0.3, -0.25) is 4.90 Å². The van der Waals surface area contributed by atoms with Gasteiger partial charge in [-0.2, -0.15) is 0 Å². The van der Waals surface area contributed by atoms with E-state index < -0.39 is 0 Å². The molecular formula is C18H31IN8O. The average Bonchev–Trinajstić information content (AvgIpc) is 3.30. The molecule has 10 heteroatoms. The van der Waals surface area contributed by atoms with Crippen LogP contribution in [0, 0.1) is 6.92 Å². The van der Waals surface area contributed by atoms with E-state index in [-0.39, 0.29) is 24.0 Å². The van der Waals surface area contributed by atoms with E-state index in [0.29, 0.717) is 6.54 Å². The van der Waals surface area contributed by atoms with Crippen LogP contribution in [0.25, 0.3) is 0 Å². The Morgan fingerprint density at radius 3 is 2.64 bits per heavy atom. The highest BCUT2D eigenvalue weighted by Gasteiger charge is 2.20. The maximum atomic E-state index is 4.93. The number of hydrogen-bond donors (Lipinski definition) is 1. The number of aryl methyl sites for hydroxylation is 1. The highest BCUT2D eigenvalue weighted by molar-refractivity contribution is 14.0. The van der Waals surface area contributed by atoms with E-state index in [4.69, 9.17) is 9.52 Å². The SMILES string of the molecule is CCCCNC(=NCc1nnc(C)n1C)N1CCN(Cc2ccon2)CC1.I. The third-order valence-corrected chi connectivity index (χ3v) is 4.92. The van der Waals surface area contributed by atoms with Crippen molar-refractivity contribution in [2.75, 3.05) is 32.7 Å². The first-order valence-corrected chi connectivity index (χ1v) is 9.67. The number of nitrogens with zero attached hydrogens (tertiary/aromatic N) is 7. The number of piperazine rings is 1. The lowest BCUT2D eigenvalue weighted by Crippen LogP contribution is -2.52. The molecule has 2 aromatic heterocycles. The second-order valence-electron chi connectivity index (χ2n) is 6.90. The second kappa shape index (κ2) is 11.3. The van der Waals surface area contributed by atoms with Crippen LogP contribution in [0.3, 0.4) is 0 Å². The van der Waals surface area contributed by atoms with Gasteiger partial charge < -0.3 is 19.3 Å². The van der Waals surface area contributed by atoms with Gasteiger partial charge in [-0.25, -0.2) is 4.99 Å². The molecule has 0 aromatic carbocycles. The molecule has 0 amide bonds. The number of aromatic nitrogens is 4. The number of nitrogens with one attached hydrogen (secondary N) is 1. The predicted molar refractivity (Wildman–Crippen MR) is 119 cm³/mol. The Bertz CT molecular complexity index is 722. The number of unbranched alkanes of at least 4 members (excludes halogenated alkanes) is 1. The molecule has 2 aromatic rings. The molecular weight excluding hydrogens is 471 g/mol. The Balaban J connectivity index is 0.00000280. The third kappa shape index (κ3) is 6.16. The van der Waals surface area contributed by atoms with Crippen LogP contribution in [0.5, 0.6) is 0 Å². The third-order valence-electron chi connectivity index (χ3n) is 4.92. The van der Waals surface area contributed by atoms with Crippen LogP contribution in [-0.4, -0.2) is 68.4 Å².